The molecule has 0 saturated carbocycles. The largest absolute Gasteiger partial charge is 0.399 e. The van der Waals surface area contributed by atoms with Gasteiger partial charge in [-0.3, -0.25) is 4.68 Å². The van der Waals surface area contributed by atoms with Crippen LogP contribution < -0.4 is 5.73 Å². The number of rotatable bonds is 2. The summed E-state index contributed by atoms with van der Waals surface area (Å²) in [4.78, 5) is 4.49. The smallest absolute Gasteiger partial charge is 0.130 e. The fourth-order valence-corrected chi connectivity index (χ4v) is 0.673. The maximum atomic E-state index is 5.60. The van der Waals surface area contributed by atoms with E-state index < -0.39 is 0 Å². The second-order valence-corrected chi connectivity index (χ2v) is 2.03. The summed E-state index contributed by atoms with van der Waals surface area (Å²) >= 11 is 0. The molecule has 0 aliphatic heterocycles. The molecule has 0 radical (unpaired) electrons. The Labute approximate surface area is 64.4 Å². The van der Waals surface area contributed by atoms with Crippen molar-refractivity contribution in [2.24, 2.45) is 12.2 Å². The number of aromatic nitrogens is 2. The van der Waals surface area contributed by atoms with Crippen LogP contribution in [0.1, 0.15) is 5.56 Å². The summed E-state index contributed by atoms with van der Waals surface area (Å²) < 4.78 is 1.57. The highest BCUT2D eigenvalue weighted by atomic mass is 16.6. The summed E-state index contributed by atoms with van der Waals surface area (Å²) in [5.74, 6) is 0.575. The molecule has 1 heterocycles. The SMILES string of the molecule is CO/N=C/c1cnn(C)c1N. The molecule has 0 unspecified atom stereocenters. The van der Waals surface area contributed by atoms with Crippen molar-refractivity contribution in [1.82, 2.24) is 9.78 Å². The highest BCUT2D eigenvalue weighted by molar-refractivity contribution is 5.84. The van der Waals surface area contributed by atoms with Gasteiger partial charge in [-0.15, -0.1) is 0 Å². The quantitative estimate of drug-likeness (QED) is 0.481. The number of nitrogen functional groups attached to an aromatic ring is 1. The molecule has 0 amide bonds. The third kappa shape index (κ3) is 1.49. The zero-order chi connectivity index (χ0) is 8.27. The van der Waals surface area contributed by atoms with Gasteiger partial charge in [0.2, 0.25) is 0 Å². The number of anilines is 1. The maximum absolute atomic E-state index is 5.60. The fourth-order valence-electron chi connectivity index (χ4n) is 0.673. The van der Waals surface area contributed by atoms with Crippen molar-refractivity contribution in [3.63, 3.8) is 0 Å². The van der Waals surface area contributed by atoms with E-state index in [-0.39, 0.29) is 0 Å². The summed E-state index contributed by atoms with van der Waals surface area (Å²) in [7, 11) is 3.24. The monoisotopic (exact) mass is 154 g/mol. The molecular weight excluding hydrogens is 144 g/mol. The first kappa shape index (κ1) is 7.59. The Kier molecular flexibility index (Phi) is 2.10. The van der Waals surface area contributed by atoms with Gasteiger partial charge in [-0.05, 0) is 0 Å². The van der Waals surface area contributed by atoms with Crippen LogP contribution in [0.25, 0.3) is 0 Å². The maximum Gasteiger partial charge on any atom is 0.130 e. The molecule has 5 heteroatoms. The molecular formula is C6H10N4O. The minimum Gasteiger partial charge on any atom is -0.399 e. The molecule has 0 saturated heterocycles. The van der Waals surface area contributed by atoms with Crippen LogP contribution >= 0.6 is 0 Å². The summed E-state index contributed by atoms with van der Waals surface area (Å²) in [5.41, 5.74) is 6.36. The van der Waals surface area contributed by atoms with E-state index in [0.717, 1.165) is 5.56 Å². The van der Waals surface area contributed by atoms with E-state index in [4.69, 9.17) is 5.73 Å². The van der Waals surface area contributed by atoms with Gasteiger partial charge in [-0.1, -0.05) is 5.16 Å². The average molecular weight is 154 g/mol. The Morgan fingerprint density at radius 3 is 3.00 bits per heavy atom. The molecule has 0 bridgehead atoms. The summed E-state index contributed by atoms with van der Waals surface area (Å²) in [5, 5.41) is 7.47. The van der Waals surface area contributed by atoms with Gasteiger partial charge in [-0.25, -0.2) is 0 Å². The molecule has 0 spiro atoms. The van der Waals surface area contributed by atoms with Crippen molar-refractivity contribution >= 4 is 12.0 Å². The van der Waals surface area contributed by atoms with E-state index in [2.05, 4.69) is 15.1 Å². The molecule has 1 aromatic heterocycles. The van der Waals surface area contributed by atoms with Gasteiger partial charge in [0.25, 0.3) is 0 Å². The third-order valence-electron chi connectivity index (χ3n) is 1.31. The molecule has 0 fully saturated rings. The minimum atomic E-state index is 0.575. The first-order valence-corrected chi connectivity index (χ1v) is 3.09. The van der Waals surface area contributed by atoms with Gasteiger partial charge in [0.15, 0.2) is 0 Å². The van der Waals surface area contributed by atoms with Crippen molar-refractivity contribution in [2.45, 2.75) is 0 Å². The van der Waals surface area contributed by atoms with Gasteiger partial charge in [0.05, 0.1) is 18.0 Å². The fraction of sp³-hybridized carbons (Fsp3) is 0.333. The molecule has 1 aromatic rings. The molecule has 5 nitrogen and oxygen atoms in total. The number of hydrogen-bond donors (Lipinski definition) is 1. The first-order chi connectivity index (χ1) is 5.25. The second kappa shape index (κ2) is 3.05. The van der Waals surface area contributed by atoms with E-state index in [1.807, 2.05) is 0 Å². The normalized spacial score (nSPS) is 10.7. The second-order valence-electron chi connectivity index (χ2n) is 2.03. The Morgan fingerprint density at radius 1 is 1.82 bits per heavy atom. The average Bonchev–Trinajstić information content (AvgIpc) is 2.31. The van der Waals surface area contributed by atoms with Gasteiger partial charge in [0.1, 0.15) is 12.9 Å². The molecule has 60 valence electrons. The molecule has 0 aromatic carbocycles. The first-order valence-electron chi connectivity index (χ1n) is 3.09. The number of hydrogen-bond acceptors (Lipinski definition) is 4. The van der Waals surface area contributed by atoms with E-state index in [9.17, 15) is 0 Å². The van der Waals surface area contributed by atoms with Crippen molar-refractivity contribution in [3.8, 4) is 0 Å². The van der Waals surface area contributed by atoms with Crippen LogP contribution in [0.5, 0.6) is 0 Å². The molecule has 11 heavy (non-hydrogen) atoms. The molecule has 2 N–H and O–H groups in total. The summed E-state index contributed by atoms with van der Waals surface area (Å²) in [6, 6.07) is 0. The van der Waals surface area contributed by atoms with Crippen LogP contribution in [0.2, 0.25) is 0 Å². The van der Waals surface area contributed by atoms with Crippen LogP contribution in [0.15, 0.2) is 11.4 Å². The van der Waals surface area contributed by atoms with Gasteiger partial charge < -0.3 is 10.6 Å². The standard InChI is InChI=1S/C6H10N4O/c1-10-6(7)5(3-8-10)4-9-11-2/h3-4H,7H2,1-2H3/b9-4+. The lowest BCUT2D eigenvalue weighted by Crippen LogP contribution is -1.99. The lowest BCUT2D eigenvalue weighted by Gasteiger charge is -1.92. The van der Waals surface area contributed by atoms with E-state index in [1.165, 1.54) is 13.3 Å². The molecule has 0 aliphatic rings. The molecule has 1 rings (SSSR count). The number of nitrogens with zero attached hydrogens (tertiary/aromatic N) is 3. The Hall–Kier alpha value is -1.52. The highest BCUT2D eigenvalue weighted by Crippen LogP contribution is 2.05. The number of aryl methyl sites for hydroxylation is 1. The van der Waals surface area contributed by atoms with E-state index >= 15 is 0 Å². The zero-order valence-corrected chi connectivity index (χ0v) is 6.48. The summed E-state index contributed by atoms with van der Waals surface area (Å²) in [6.07, 6.45) is 3.14. The van der Waals surface area contributed by atoms with Gasteiger partial charge >= 0.3 is 0 Å². The van der Waals surface area contributed by atoms with Crippen molar-refractivity contribution in [3.05, 3.63) is 11.8 Å². The Bertz CT molecular complexity index is 266. The van der Waals surface area contributed by atoms with Crippen LogP contribution in [-0.2, 0) is 11.9 Å². The Morgan fingerprint density at radius 2 is 2.55 bits per heavy atom. The lowest BCUT2D eigenvalue weighted by atomic mass is 10.4. The summed E-state index contributed by atoms with van der Waals surface area (Å²) in [6.45, 7) is 0. The van der Waals surface area contributed by atoms with E-state index in [1.54, 1.807) is 17.9 Å². The van der Waals surface area contributed by atoms with Crippen LogP contribution in [-0.4, -0.2) is 23.1 Å². The lowest BCUT2D eigenvalue weighted by molar-refractivity contribution is 0.215. The highest BCUT2D eigenvalue weighted by Gasteiger charge is 1.99. The van der Waals surface area contributed by atoms with Crippen LogP contribution in [0.3, 0.4) is 0 Å². The van der Waals surface area contributed by atoms with Crippen molar-refractivity contribution in [2.75, 3.05) is 12.8 Å². The van der Waals surface area contributed by atoms with Crippen molar-refractivity contribution in [1.29, 1.82) is 0 Å². The Balaban J connectivity index is 2.87. The molecule has 0 atom stereocenters. The van der Waals surface area contributed by atoms with Gasteiger partial charge in [0, 0.05) is 7.05 Å². The predicted octanol–water partition coefficient (Wildman–Crippen LogP) is -0.0174. The van der Waals surface area contributed by atoms with E-state index in [0.29, 0.717) is 5.82 Å². The number of oxime groups is 1. The third-order valence-corrected chi connectivity index (χ3v) is 1.31. The van der Waals surface area contributed by atoms with Crippen LogP contribution in [0, 0.1) is 0 Å². The topological polar surface area (TPSA) is 65.4 Å². The van der Waals surface area contributed by atoms with Crippen molar-refractivity contribution < 1.29 is 4.84 Å². The van der Waals surface area contributed by atoms with Crippen LogP contribution in [0.4, 0.5) is 5.82 Å². The molecule has 0 aliphatic carbocycles. The number of nitrogens with two attached hydrogens (primary N) is 1. The van der Waals surface area contributed by atoms with Gasteiger partial charge in [-0.2, -0.15) is 5.10 Å². The minimum absolute atomic E-state index is 0.575. The predicted molar refractivity (Wildman–Crippen MR) is 42.2 cm³/mol. The zero-order valence-electron chi connectivity index (χ0n) is 6.48.